The Morgan fingerprint density at radius 1 is 1.18 bits per heavy atom. The van der Waals surface area contributed by atoms with E-state index in [1.165, 1.54) is 0 Å². The predicted molar refractivity (Wildman–Crippen MR) is 50.9 cm³/mol. The normalized spacial score (nSPS) is 7.36. The number of halogens is 1. The van der Waals surface area contributed by atoms with Crippen LogP contribution in [-0.4, -0.2) is 0 Å². The van der Waals surface area contributed by atoms with Crippen molar-refractivity contribution in [2.45, 2.75) is 13.3 Å². The number of hydrogen-bond donors (Lipinski definition) is 0. The molecule has 0 heterocycles. The molecule has 0 saturated carbocycles. The Hall–Kier alpha value is -0.930. The van der Waals surface area contributed by atoms with Gasteiger partial charge < -0.3 is 0 Å². The highest BCUT2D eigenvalue weighted by atomic mass is 35.5. The molecule has 0 aliphatic rings. The number of benzene rings is 1. The topological polar surface area (TPSA) is 0 Å². The van der Waals surface area contributed by atoms with Crippen LogP contribution in [0.1, 0.15) is 18.9 Å². The van der Waals surface area contributed by atoms with Crippen LogP contribution >= 0.6 is 12.4 Å². The molecule has 0 radical (unpaired) electrons. The molecule has 0 N–H and O–H groups in total. The van der Waals surface area contributed by atoms with E-state index >= 15 is 0 Å². The van der Waals surface area contributed by atoms with Gasteiger partial charge >= 0.3 is 0 Å². The fourth-order valence-corrected chi connectivity index (χ4v) is 0.712. The summed E-state index contributed by atoms with van der Waals surface area (Å²) in [6.07, 6.45) is 0.925. The summed E-state index contributed by atoms with van der Waals surface area (Å²) in [5.74, 6) is 6.06. The highest BCUT2D eigenvalue weighted by Gasteiger charge is 1.78. The van der Waals surface area contributed by atoms with E-state index in [-0.39, 0.29) is 12.4 Å². The van der Waals surface area contributed by atoms with Gasteiger partial charge in [0.25, 0.3) is 0 Å². The molecule has 0 aromatic heterocycles. The first kappa shape index (κ1) is 10.1. The molecule has 0 aliphatic heterocycles. The molecule has 1 rings (SSSR count). The van der Waals surface area contributed by atoms with Crippen LogP contribution in [0.25, 0.3) is 0 Å². The molecule has 0 bridgehead atoms. The maximum atomic E-state index is 3.04. The average Bonchev–Trinajstić information content (AvgIpc) is 2.03. The van der Waals surface area contributed by atoms with Crippen molar-refractivity contribution in [3.63, 3.8) is 0 Å². The second kappa shape index (κ2) is 5.82. The minimum Gasteiger partial charge on any atom is -0.147 e. The first-order valence-electron chi connectivity index (χ1n) is 3.47. The van der Waals surface area contributed by atoms with Crippen molar-refractivity contribution >= 4 is 12.4 Å². The van der Waals surface area contributed by atoms with Gasteiger partial charge in [-0.05, 0) is 12.1 Å². The van der Waals surface area contributed by atoms with Crippen LogP contribution in [0.15, 0.2) is 30.3 Å². The second-order valence-corrected chi connectivity index (χ2v) is 2.02. The van der Waals surface area contributed by atoms with Gasteiger partial charge in [0.2, 0.25) is 0 Å². The third kappa shape index (κ3) is 3.70. The number of rotatable bonds is 0. The first-order valence-corrected chi connectivity index (χ1v) is 3.47. The van der Waals surface area contributed by atoms with Crippen LogP contribution in [0.4, 0.5) is 0 Å². The van der Waals surface area contributed by atoms with Crippen molar-refractivity contribution < 1.29 is 0 Å². The van der Waals surface area contributed by atoms with Crippen molar-refractivity contribution in [1.82, 2.24) is 0 Å². The summed E-state index contributed by atoms with van der Waals surface area (Å²) in [6.45, 7) is 2.05. The quantitative estimate of drug-likeness (QED) is 0.520. The molecule has 0 nitrogen and oxygen atoms in total. The van der Waals surface area contributed by atoms with Gasteiger partial charge in [-0.25, -0.2) is 0 Å². The molecular weight excluding hydrogens is 156 g/mol. The van der Waals surface area contributed by atoms with E-state index in [4.69, 9.17) is 0 Å². The lowest BCUT2D eigenvalue weighted by molar-refractivity contribution is 1.28. The maximum Gasteiger partial charge on any atom is 0.0245 e. The van der Waals surface area contributed by atoms with Gasteiger partial charge in [-0.15, -0.1) is 12.4 Å². The molecule has 1 heteroatoms. The highest BCUT2D eigenvalue weighted by molar-refractivity contribution is 5.85. The minimum absolute atomic E-state index is 0. The third-order valence-corrected chi connectivity index (χ3v) is 1.18. The van der Waals surface area contributed by atoms with E-state index in [1.807, 2.05) is 30.3 Å². The molecule has 1 aromatic carbocycles. The molecule has 0 aliphatic carbocycles. The van der Waals surface area contributed by atoms with E-state index in [0.717, 1.165) is 12.0 Å². The number of hydrogen-bond acceptors (Lipinski definition) is 0. The first-order chi connectivity index (χ1) is 4.93. The smallest absolute Gasteiger partial charge is 0.0245 e. The molecule has 0 spiro atoms. The van der Waals surface area contributed by atoms with Crippen LogP contribution in [0.3, 0.4) is 0 Å². The lowest BCUT2D eigenvalue weighted by atomic mass is 10.2. The fraction of sp³-hybridized carbons (Fsp3) is 0.200. The van der Waals surface area contributed by atoms with Crippen LogP contribution in [0, 0.1) is 11.8 Å². The summed E-state index contributed by atoms with van der Waals surface area (Å²) in [4.78, 5) is 0. The molecule has 11 heavy (non-hydrogen) atoms. The maximum absolute atomic E-state index is 3.04. The zero-order valence-corrected chi connectivity index (χ0v) is 7.32. The van der Waals surface area contributed by atoms with E-state index < -0.39 is 0 Å². The molecule has 0 atom stereocenters. The van der Waals surface area contributed by atoms with Crippen molar-refractivity contribution in [2.75, 3.05) is 0 Å². The monoisotopic (exact) mass is 166 g/mol. The highest BCUT2D eigenvalue weighted by Crippen LogP contribution is 1.94. The van der Waals surface area contributed by atoms with Crippen molar-refractivity contribution in [1.29, 1.82) is 0 Å². The molecule has 1 aromatic rings. The van der Waals surface area contributed by atoms with E-state index in [0.29, 0.717) is 0 Å². The second-order valence-electron chi connectivity index (χ2n) is 2.02. The van der Waals surface area contributed by atoms with Crippen molar-refractivity contribution in [3.8, 4) is 11.8 Å². The Morgan fingerprint density at radius 2 is 1.82 bits per heavy atom. The third-order valence-electron chi connectivity index (χ3n) is 1.18. The molecule has 0 amide bonds. The Bertz CT molecular complexity index is 241. The van der Waals surface area contributed by atoms with Crippen LogP contribution in [-0.2, 0) is 0 Å². The van der Waals surface area contributed by atoms with Crippen LogP contribution < -0.4 is 0 Å². The summed E-state index contributed by atoms with van der Waals surface area (Å²) >= 11 is 0. The molecule has 0 saturated heterocycles. The largest absolute Gasteiger partial charge is 0.147 e. The zero-order chi connectivity index (χ0) is 7.23. The standard InChI is InChI=1S/C10H10.ClH/c1-2-3-7-10-8-5-4-6-9-10;/h4-6,8-9H,2H2,1H3;1H. The lowest BCUT2D eigenvalue weighted by Gasteiger charge is -1.84. The van der Waals surface area contributed by atoms with Gasteiger partial charge in [-0.2, -0.15) is 0 Å². The van der Waals surface area contributed by atoms with Gasteiger partial charge in [-0.3, -0.25) is 0 Å². The summed E-state index contributed by atoms with van der Waals surface area (Å²) in [7, 11) is 0. The average molecular weight is 167 g/mol. The molecule has 0 fully saturated rings. The van der Waals surface area contributed by atoms with E-state index in [1.54, 1.807) is 0 Å². The SMILES string of the molecule is CCC#Cc1ccccc1.Cl. The minimum atomic E-state index is 0. The summed E-state index contributed by atoms with van der Waals surface area (Å²) in [5, 5.41) is 0. The molecule has 58 valence electrons. The Kier molecular flexibility index (Phi) is 5.33. The van der Waals surface area contributed by atoms with E-state index in [2.05, 4.69) is 18.8 Å². The van der Waals surface area contributed by atoms with Gasteiger partial charge in [0.05, 0.1) is 0 Å². The fourth-order valence-electron chi connectivity index (χ4n) is 0.712. The van der Waals surface area contributed by atoms with Crippen molar-refractivity contribution in [2.24, 2.45) is 0 Å². The zero-order valence-electron chi connectivity index (χ0n) is 6.50. The molecule has 0 unspecified atom stereocenters. The Morgan fingerprint density at radius 3 is 2.36 bits per heavy atom. The van der Waals surface area contributed by atoms with Gasteiger partial charge in [0, 0.05) is 12.0 Å². The van der Waals surface area contributed by atoms with Crippen LogP contribution in [0.5, 0.6) is 0 Å². The van der Waals surface area contributed by atoms with Gasteiger partial charge in [0.1, 0.15) is 0 Å². The van der Waals surface area contributed by atoms with E-state index in [9.17, 15) is 0 Å². The Labute approximate surface area is 74.0 Å². The lowest BCUT2D eigenvalue weighted by Crippen LogP contribution is -1.69. The summed E-state index contributed by atoms with van der Waals surface area (Å²) in [6, 6.07) is 10.0. The predicted octanol–water partition coefficient (Wildman–Crippen LogP) is 2.87. The summed E-state index contributed by atoms with van der Waals surface area (Å²) in [5.41, 5.74) is 1.10. The van der Waals surface area contributed by atoms with Crippen LogP contribution in [0.2, 0.25) is 0 Å². The van der Waals surface area contributed by atoms with Gasteiger partial charge in [0.15, 0.2) is 0 Å². The summed E-state index contributed by atoms with van der Waals surface area (Å²) < 4.78 is 0. The van der Waals surface area contributed by atoms with Gasteiger partial charge in [-0.1, -0.05) is 37.0 Å². The Balaban J connectivity index is 0.000001000. The molecular formula is C10H11Cl. The van der Waals surface area contributed by atoms with Crippen molar-refractivity contribution in [3.05, 3.63) is 35.9 Å².